The zero-order chi connectivity index (χ0) is 8.27. The Kier molecular flexibility index (Phi) is 2.66. The monoisotopic (exact) mass is 149 g/mol. The molecule has 1 rings (SSSR count). The first-order chi connectivity index (χ1) is 5.20. The predicted octanol–water partition coefficient (Wildman–Crippen LogP) is 1.88. The van der Waals surface area contributed by atoms with Crippen LogP contribution in [0.15, 0.2) is 24.3 Å². The van der Waals surface area contributed by atoms with Crippen LogP contribution in [-0.2, 0) is 6.42 Å². The Morgan fingerprint density at radius 2 is 2.00 bits per heavy atom. The third kappa shape index (κ3) is 2.35. The lowest BCUT2D eigenvalue weighted by Gasteiger charge is -2.07. The molecule has 1 heteroatoms. The van der Waals surface area contributed by atoms with Gasteiger partial charge in [0.2, 0.25) is 0 Å². The Bertz CT molecular complexity index is 228. The highest BCUT2D eigenvalue weighted by Crippen LogP contribution is 2.08. The number of hydrogen-bond acceptors (Lipinski definition) is 1. The number of nitrogens with two attached hydrogens (primary N) is 1. The van der Waals surface area contributed by atoms with Crippen molar-refractivity contribution in [3.05, 3.63) is 35.4 Å². The van der Waals surface area contributed by atoms with E-state index in [1.807, 2.05) is 6.92 Å². The minimum Gasteiger partial charge on any atom is -0.328 e. The lowest BCUT2D eigenvalue weighted by molar-refractivity contribution is 0.735. The van der Waals surface area contributed by atoms with E-state index in [1.54, 1.807) is 0 Å². The molecule has 0 heterocycles. The van der Waals surface area contributed by atoms with Crippen LogP contribution in [0.1, 0.15) is 18.1 Å². The summed E-state index contributed by atoms with van der Waals surface area (Å²) in [5, 5.41) is 0. The number of benzene rings is 1. The van der Waals surface area contributed by atoms with Crippen molar-refractivity contribution in [3.8, 4) is 0 Å². The second-order valence-electron chi connectivity index (χ2n) is 3.11. The molecule has 0 aliphatic rings. The molecule has 0 fully saturated rings. The number of hydrogen-bond donors (Lipinski definition) is 1. The summed E-state index contributed by atoms with van der Waals surface area (Å²) < 4.78 is 0. The van der Waals surface area contributed by atoms with Crippen molar-refractivity contribution >= 4 is 0 Å². The van der Waals surface area contributed by atoms with Gasteiger partial charge in [-0.25, -0.2) is 0 Å². The summed E-state index contributed by atoms with van der Waals surface area (Å²) in [7, 11) is 0. The van der Waals surface area contributed by atoms with Crippen LogP contribution in [0.5, 0.6) is 0 Å². The van der Waals surface area contributed by atoms with E-state index in [0.717, 1.165) is 6.42 Å². The van der Waals surface area contributed by atoms with E-state index in [-0.39, 0.29) is 6.04 Å². The smallest absolute Gasteiger partial charge is 0.00510 e. The van der Waals surface area contributed by atoms with Gasteiger partial charge in [-0.3, -0.25) is 0 Å². The third-order valence-electron chi connectivity index (χ3n) is 1.80. The van der Waals surface area contributed by atoms with Gasteiger partial charge in [-0.2, -0.15) is 0 Å². The zero-order valence-electron chi connectivity index (χ0n) is 7.17. The normalized spacial score (nSPS) is 13.0. The summed E-state index contributed by atoms with van der Waals surface area (Å²) in [6.45, 7) is 4.16. The van der Waals surface area contributed by atoms with Crippen molar-refractivity contribution in [1.29, 1.82) is 0 Å². The van der Waals surface area contributed by atoms with E-state index in [1.165, 1.54) is 11.1 Å². The molecular weight excluding hydrogens is 134 g/mol. The highest BCUT2D eigenvalue weighted by atomic mass is 14.6. The van der Waals surface area contributed by atoms with E-state index in [4.69, 9.17) is 5.73 Å². The largest absolute Gasteiger partial charge is 0.328 e. The van der Waals surface area contributed by atoms with Crippen LogP contribution in [-0.4, -0.2) is 6.04 Å². The predicted molar refractivity (Wildman–Crippen MR) is 48.5 cm³/mol. The van der Waals surface area contributed by atoms with Crippen LogP contribution in [0.3, 0.4) is 0 Å². The summed E-state index contributed by atoms with van der Waals surface area (Å²) >= 11 is 0. The summed E-state index contributed by atoms with van der Waals surface area (Å²) in [4.78, 5) is 0. The van der Waals surface area contributed by atoms with Gasteiger partial charge in [-0.05, 0) is 31.4 Å². The van der Waals surface area contributed by atoms with E-state index >= 15 is 0 Å². The summed E-state index contributed by atoms with van der Waals surface area (Å²) in [6, 6.07) is 8.64. The van der Waals surface area contributed by atoms with E-state index in [2.05, 4.69) is 31.2 Å². The zero-order valence-corrected chi connectivity index (χ0v) is 7.17. The first kappa shape index (κ1) is 8.28. The van der Waals surface area contributed by atoms with Gasteiger partial charge >= 0.3 is 0 Å². The van der Waals surface area contributed by atoms with Gasteiger partial charge in [0.15, 0.2) is 0 Å². The van der Waals surface area contributed by atoms with Gasteiger partial charge < -0.3 is 5.73 Å². The topological polar surface area (TPSA) is 26.0 Å². The molecule has 1 nitrogen and oxygen atoms in total. The fraction of sp³-hybridized carbons (Fsp3) is 0.400. The quantitative estimate of drug-likeness (QED) is 0.682. The van der Waals surface area contributed by atoms with Crippen molar-refractivity contribution in [2.75, 3.05) is 0 Å². The van der Waals surface area contributed by atoms with Crippen molar-refractivity contribution in [3.63, 3.8) is 0 Å². The lowest BCUT2D eigenvalue weighted by atomic mass is 10.0. The first-order valence-corrected chi connectivity index (χ1v) is 4.00. The van der Waals surface area contributed by atoms with Crippen LogP contribution < -0.4 is 5.73 Å². The lowest BCUT2D eigenvalue weighted by Crippen LogP contribution is -2.18. The molecule has 1 aromatic carbocycles. The summed E-state index contributed by atoms with van der Waals surface area (Å²) in [5.74, 6) is 0. The maximum Gasteiger partial charge on any atom is 0.00510 e. The fourth-order valence-corrected chi connectivity index (χ4v) is 1.19. The second kappa shape index (κ2) is 3.54. The van der Waals surface area contributed by atoms with Crippen LogP contribution in [0, 0.1) is 6.92 Å². The van der Waals surface area contributed by atoms with E-state index in [9.17, 15) is 0 Å². The molecule has 0 bridgehead atoms. The fourth-order valence-electron chi connectivity index (χ4n) is 1.19. The molecular formula is C10H15N. The SMILES string of the molecule is Cc1ccccc1C[C@@H](C)N. The average Bonchev–Trinajstić information content (AvgIpc) is 1.93. The minimum atomic E-state index is 0.260. The third-order valence-corrected chi connectivity index (χ3v) is 1.80. The van der Waals surface area contributed by atoms with Crippen molar-refractivity contribution in [2.45, 2.75) is 26.3 Å². The standard InChI is InChI=1S/C10H15N/c1-8-5-3-4-6-10(8)7-9(2)11/h3-6,9H,7,11H2,1-2H3/t9-/m1/s1. The molecule has 0 unspecified atom stereocenters. The Balaban J connectivity index is 2.78. The van der Waals surface area contributed by atoms with Gasteiger partial charge in [0.1, 0.15) is 0 Å². The Hall–Kier alpha value is -0.820. The van der Waals surface area contributed by atoms with Crippen molar-refractivity contribution < 1.29 is 0 Å². The Morgan fingerprint density at radius 1 is 1.36 bits per heavy atom. The van der Waals surface area contributed by atoms with E-state index in [0.29, 0.717) is 0 Å². The van der Waals surface area contributed by atoms with Crippen LogP contribution >= 0.6 is 0 Å². The number of rotatable bonds is 2. The molecule has 60 valence electrons. The molecule has 11 heavy (non-hydrogen) atoms. The molecule has 0 aliphatic carbocycles. The Labute approximate surface area is 68.2 Å². The number of aryl methyl sites for hydroxylation is 1. The average molecular weight is 149 g/mol. The summed E-state index contributed by atoms with van der Waals surface area (Å²) in [5.41, 5.74) is 8.39. The molecule has 0 aromatic heterocycles. The van der Waals surface area contributed by atoms with Gasteiger partial charge in [0.05, 0.1) is 0 Å². The molecule has 1 aromatic rings. The van der Waals surface area contributed by atoms with Crippen LogP contribution in [0.4, 0.5) is 0 Å². The maximum absolute atomic E-state index is 5.69. The highest BCUT2D eigenvalue weighted by Gasteiger charge is 1.99. The molecule has 0 saturated carbocycles. The van der Waals surface area contributed by atoms with Crippen molar-refractivity contribution in [2.24, 2.45) is 5.73 Å². The van der Waals surface area contributed by atoms with Crippen LogP contribution in [0.25, 0.3) is 0 Å². The van der Waals surface area contributed by atoms with Crippen LogP contribution in [0.2, 0.25) is 0 Å². The summed E-state index contributed by atoms with van der Waals surface area (Å²) in [6.07, 6.45) is 0.979. The molecule has 0 amide bonds. The first-order valence-electron chi connectivity index (χ1n) is 4.00. The molecule has 2 N–H and O–H groups in total. The van der Waals surface area contributed by atoms with Gasteiger partial charge in [-0.1, -0.05) is 24.3 Å². The molecule has 0 aliphatic heterocycles. The maximum atomic E-state index is 5.69. The second-order valence-corrected chi connectivity index (χ2v) is 3.11. The van der Waals surface area contributed by atoms with Crippen molar-refractivity contribution in [1.82, 2.24) is 0 Å². The molecule has 0 radical (unpaired) electrons. The Morgan fingerprint density at radius 3 is 2.55 bits per heavy atom. The minimum absolute atomic E-state index is 0.260. The van der Waals surface area contributed by atoms with Gasteiger partial charge in [0.25, 0.3) is 0 Å². The molecule has 1 atom stereocenters. The highest BCUT2D eigenvalue weighted by molar-refractivity contribution is 5.26. The van der Waals surface area contributed by atoms with Gasteiger partial charge in [-0.15, -0.1) is 0 Å². The molecule has 0 spiro atoms. The van der Waals surface area contributed by atoms with E-state index < -0.39 is 0 Å². The molecule has 0 saturated heterocycles. The van der Waals surface area contributed by atoms with Gasteiger partial charge in [0, 0.05) is 6.04 Å².